The Morgan fingerprint density at radius 1 is 1.14 bits per heavy atom. The lowest BCUT2D eigenvalue weighted by Gasteiger charge is -2.33. The summed E-state index contributed by atoms with van der Waals surface area (Å²) in [6.07, 6.45) is 8.63. The molecule has 0 amide bonds. The van der Waals surface area contributed by atoms with E-state index in [-0.39, 0.29) is 6.04 Å². The number of phenolic OH excluding ortho intramolecular Hbond substituents is 1. The summed E-state index contributed by atoms with van der Waals surface area (Å²) in [5.41, 5.74) is 3.55. The van der Waals surface area contributed by atoms with Gasteiger partial charge < -0.3 is 10.0 Å². The molecule has 21 heavy (non-hydrogen) atoms. The number of para-hydroxylation sites is 1. The van der Waals surface area contributed by atoms with Gasteiger partial charge in [0.15, 0.2) is 0 Å². The van der Waals surface area contributed by atoms with Gasteiger partial charge in [-0.1, -0.05) is 54.6 Å². The quantitative estimate of drug-likeness (QED) is 0.902. The number of likely N-dealkylation sites (N-methyl/N-ethyl adjacent to an activating group) is 1. The Morgan fingerprint density at radius 2 is 2.00 bits per heavy atom. The first-order chi connectivity index (χ1) is 10.3. The van der Waals surface area contributed by atoms with Crippen molar-refractivity contribution in [2.24, 2.45) is 0 Å². The molecule has 1 heterocycles. The highest BCUT2D eigenvalue weighted by atomic mass is 16.3. The third-order valence-corrected chi connectivity index (χ3v) is 3.78. The van der Waals surface area contributed by atoms with Gasteiger partial charge in [0.25, 0.3) is 0 Å². The fourth-order valence-corrected chi connectivity index (χ4v) is 2.74. The normalized spacial score (nSPS) is 17.2. The summed E-state index contributed by atoms with van der Waals surface area (Å²) in [6, 6.07) is 16.0. The number of nitrogens with zero attached hydrogens (tertiary/aromatic N) is 1. The molecule has 0 radical (unpaired) electrons. The molecule has 1 aliphatic heterocycles. The lowest BCUT2D eigenvalue weighted by Crippen LogP contribution is -2.34. The molecule has 0 saturated carbocycles. The van der Waals surface area contributed by atoms with Crippen LogP contribution in [0.3, 0.4) is 0 Å². The maximum Gasteiger partial charge on any atom is 0.116 e. The van der Waals surface area contributed by atoms with Gasteiger partial charge in [-0.25, -0.2) is 0 Å². The fraction of sp³-hybridized carbons (Fsp3) is 0.158. The topological polar surface area (TPSA) is 23.5 Å². The van der Waals surface area contributed by atoms with Crippen LogP contribution in [-0.2, 0) is 0 Å². The fourth-order valence-electron chi connectivity index (χ4n) is 2.74. The van der Waals surface area contributed by atoms with Gasteiger partial charge in [-0.3, -0.25) is 0 Å². The first-order valence-corrected chi connectivity index (χ1v) is 7.29. The smallest absolute Gasteiger partial charge is 0.116 e. The molecule has 3 rings (SSSR count). The molecule has 106 valence electrons. The minimum Gasteiger partial charge on any atom is -0.508 e. The number of anilines is 1. The van der Waals surface area contributed by atoms with Gasteiger partial charge in [-0.15, -0.1) is 0 Å². The third-order valence-electron chi connectivity index (χ3n) is 3.78. The van der Waals surface area contributed by atoms with Gasteiger partial charge in [0.05, 0.1) is 6.04 Å². The number of phenols is 1. The average molecular weight is 277 g/mol. The number of hydrogen-bond acceptors (Lipinski definition) is 2. The maximum atomic E-state index is 9.52. The van der Waals surface area contributed by atoms with E-state index in [1.165, 1.54) is 11.3 Å². The van der Waals surface area contributed by atoms with Gasteiger partial charge in [-0.05, 0) is 36.2 Å². The van der Waals surface area contributed by atoms with Crippen molar-refractivity contribution in [1.29, 1.82) is 0 Å². The van der Waals surface area contributed by atoms with Crippen LogP contribution in [0.2, 0.25) is 0 Å². The zero-order chi connectivity index (χ0) is 14.7. The largest absolute Gasteiger partial charge is 0.508 e. The summed E-state index contributed by atoms with van der Waals surface area (Å²) in [5, 5.41) is 9.52. The molecular formula is C19H19NO. The Hall–Kier alpha value is -2.48. The van der Waals surface area contributed by atoms with Crippen molar-refractivity contribution < 1.29 is 5.11 Å². The zero-order valence-corrected chi connectivity index (χ0v) is 12.1. The summed E-state index contributed by atoms with van der Waals surface area (Å²) < 4.78 is 0. The molecule has 1 atom stereocenters. The van der Waals surface area contributed by atoms with Crippen LogP contribution in [0.25, 0.3) is 12.2 Å². The predicted molar refractivity (Wildman–Crippen MR) is 89.4 cm³/mol. The van der Waals surface area contributed by atoms with Gasteiger partial charge in [0.2, 0.25) is 0 Å². The number of benzene rings is 2. The van der Waals surface area contributed by atoms with Crippen LogP contribution < -0.4 is 4.90 Å². The first kappa shape index (κ1) is 13.5. The monoisotopic (exact) mass is 277 g/mol. The van der Waals surface area contributed by atoms with E-state index in [1.807, 2.05) is 12.1 Å². The second kappa shape index (κ2) is 5.88. The van der Waals surface area contributed by atoms with E-state index < -0.39 is 0 Å². The molecule has 0 spiro atoms. The second-order valence-electron chi connectivity index (χ2n) is 5.15. The molecule has 0 bridgehead atoms. The van der Waals surface area contributed by atoms with Crippen molar-refractivity contribution >= 4 is 17.8 Å². The van der Waals surface area contributed by atoms with Gasteiger partial charge >= 0.3 is 0 Å². The summed E-state index contributed by atoms with van der Waals surface area (Å²) in [4.78, 5) is 2.37. The molecule has 0 saturated heterocycles. The van der Waals surface area contributed by atoms with E-state index >= 15 is 0 Å². The van der Waals surface area contributed by atoms with E-state index in [2.05, 4.69) is 60.4 Å². The van der Waals surface area contributed by atoms with Crippen molar-refractivity contribution in [3.8, 4) is 5.75 Å². The predicted octanol–water partition coefficient (Wildman–Crippen LogP) is 4.33. The van der Waals surface area contributed by atoms with Crippen molar-refractivity contribution in [2.75, 3.05) is 11.4 Å². The summed E-state index contributed by atoms with van der Waals surface area (Å²) in [7, 11) is 0. The highest BCUT2D eigenvalue weighted by Crippen LogP contribution is 2.29. The van der Waals surface area contributed by atoms with E-state index in [1.54, 1.807) is 12.1 Å². The standard InChI is InChI=1S/C19H19NO/c1-2-20-17(12-10-15-6-5-8-18(21)14-15)13-11-16-7-3-4-9-19(16)20/h3-14,17,21H,2H2,1H3/b12-10+. The van der Waals surface area contributed by atoms with Gasteiger partial charge in [-0.2, -0.15) is 0 Å². The highest BCUT2D eigenvalue weighted by molar-refractivity contribution is 5.73. The third kappa shape index (κ3) is 2.84. The van der Waals surface area contributed by atoms with E-state index in [4.69, 9.17) is 0 Å². The lowest BCUT2D eigenvalue weighted by molar-refractivity contribution is 0.475. The molecular weight excluding hydrogens is 258 g/mol. The van der Waals surface area contributed by atoms with Crippen LogP contribution >= 0.6 is 0 Å². The van der Waals surface area contributed by atoms with Crippen molar-refractivity contribution in [2.45, 2.75) is 13.0 Å². The Morgan fingerprint density at radius 3 is 2.81 bits per heavy atom. The summed E-state index contributed by atoms with van der Waals surface area (Å²) in [5.74, 6) is 0.300. The number of rotatable bonds is 3. The average Bonchev–Trinajstić information content (AvgIpc) is 2.52. The Balaban J connectivity index is 1.86. The van der Waals surface area contributed by atoms with E-state index in [9.17, 15) is 5.11 Å². The molecule has 2 aromatic rings. The van der Waals surface area contributed by atoms with Gasteiger partial charge in [0.1, 0.15) is 5.75 Å². The lowest BCUT2D eigenvalue weighted by atomic mass is 10.0. The van der Waals surface area contributed by atoms with Crippen LogP contribution in [0.15, 0.2) is 60.7 Å². The molecule has 0 aromatic heterocycles. The molecule has 2 nitrogen and oxygen atoms in total. The van der Waals surface area contributed by atoms with E-state index in [0.29, 0.717) is 5.75 Å². The molecule has 2 aromatic carbocycles. The second-order valence-corrected chi connectivity index (χ2v) is 5.15. The number of aromatic hydroxyl groups is 1. The molecule has 0 aliphatic carbocycles. The van der Waals surface area contributed by atoms with Crippen LogP contribution in [0, 0.1) is 0 Å². The van der Waals surface area contributed by atoms with Crippen molar-refractivity contribution in [3.63, 3.8) is 0 Å². The SMILES string of the molecule is CCN1c2ccccc2C=CC1/C=C/c1cccc(O)c1. The molecule has 0 fully saturated rings. The molecule has 2 heteroatoms. The Bertz CT molecular complexity index is 687. The minimum atomic E-state index is 0.243. The molecule has 1 unspecified atom stereocenters. The van der Waals surface area contributed by atoms with Crippen LogP contribution in [0.1, 0.15) is 18.1 Å². The van der Waals surface area contributed by atoms with Crippen LogP contribution in [0.5, 0.6) is 5.75 Å². The van der Waals surface area contributed by atoms with Crippen LogP contribution in [0.4, 0.5) is 5.69 Å². The minimum absolute atomic E-state index is 0.243. The van der Waals surface area contributed by atoms with Crippen LogP contribution in [-0.4, -0.2) is 17.7 Å². The summed E-state index contributed by atoms with van der Waals surface area (Å²) >= 11 is 0. The van der Waals surface area contributed by atoms with Gasteiger partial charge in [0, 0.05) is 12.2 Å². The van der Waals surface area contributed by atoms with E-state index in [0.717, 1.165) is 12.1 Å². The molecule has 1 aliphatic rings. The molecule has 1 N–H and O–H groups in total. The maximum absolute atomic E-state index is 9.52. The van der Waals surface area contributed by atoms with Crippen molar-refractivity contribution in [3.05, 3.63) is 71.8 Å². The first-order valence-electron chi connectivity index (χ1n) is 7.29. The number of hydrogen-bond donors (Lipinski definition) is 1. The summed E-state index contributed by atoms with van der Waals surface area (Å²) in [6.45, 7) is 3.13. The number of fused-ring (bicyclic) bond motifs is 1. The van der Waals surface area contributed by atoms with Crippen molar-refractivity contribution in [1.82, 2.24) is 0 Å². The Kier molecular flexibility index (Phi) is 3.78. The zero-order valence-electron chi connectivity index (χ0n) is 12.1. The highest BCUT2D eigenvalue weighted by Gasteiger charge is 2.18. The Labute approximate surface area is 125 Å².